The molecule has 0 aliphatic rings. The second-order valence-electron chi connectivity index (χ2n) is 6.14. The minimum atomic E-state index is -0.202. The molecule has 0 N–H and O–H groups in total. The molecule has 0 aromatic carbocycles. The predicted octanol–water partition coefficient (Wildman–Crippen LogP) is 3.88. The fourth-order valence-corrected chi connectivity index (χ4v) is 2.52. The molecule has 0 atom stereocenters. The molecule has 154 valence electrons. The maximum atomic E-state index is 12.1. The van der Waals surface area contributed by atoms with Gasteiger partial charge in [0.2, 0.25) is 5.78 Å². The summed E-state index contributed by atoms with van der Waals surface area (Å²) in [6.45, 7) is 2.69. The van der Waals surface area contributed by atoms with Gasteiger partial charge in [-0.15, -0.1) is 0 Å². The van der Waals surface area contributed by atoms with Crippen LogP contribution in [0.5, 0.6) is 11.5 Å². The number of hydrogen-bond donors (Lipinski definition) is 0. The molecule has 0 aliphatic carbocycles. The molecule has 0 aliphatic heterocycles. The minimum Gasteiger partial charge on any atom is -0.491 e. The van der Waals surface area contributed by atoms with E-state index in [-0.39, 0.29) is 11.8 Å². The van der Waals surface area contributed by atoms with E-state index in [0.29, 0.717) is 42.5 Å². The van der Waals surface area contributed by atoms with Crippen LogP contribution in [0, 0.1) is 0 Å². The molecule has 0 unspecified atom stereocenters. The summed E-state index contributed by atoms with van der Waals surface area (Å²) in [5, 5.41) is 0. The van der Waals surface area contributed by atoms with Crippen molar-refractivity contribution in [3.8, 4) is 11.5 Å². The van der Waals surface area contributed by atoms with E-state index in [0.717, 1.165) is 19.3 Å². The number of unbranched alkanes of at least 4 members (excludes halogenated alkanes) is 2. The van der Waals surface area contributed by atoms with Crippen LogP contribution in [0.4, 0.5) is 0 Å². The van der Waals surface area contributed by atoms with Crippen LogP contribution in [0.1, 0.15) is 48.8 Å². The predicted molar refractivity (Wildman–Crippen MR) is 109 cm³/mol. The number of nitrogens with zero attached hydrogens (tertiary/aromatic N) is 2. The average molecular weight is 398 g/mol. The van der Waals surface area contributed by atoms with Crippen molar-refractivity contribution in [1.82, 2.24) is 9.97 Å². The van der Waals surface area contributed by atoms with Gasteiger partial charge in [-0.3, -0.25) is 19.6 Å². The Morgan fingerprint density at radius 2 is 1.97 bits per heavy atom. The summed E-state index contributed by atoms with van der Waals surface area (Å²) in [6.07, 6.45) is 9.02. The number of rotatable bonds is 12. The lowest BCUT2D eigenvalue weighted by Crippen LogP contribution is -2.04. The highest BCUT2D eigenvalue weighted by atomic mass is 16.5. The van der Waals surface area contributed by atoms with Crippen LogP contribution >= 0.6 is 0 Å². The van der Waals surface area contributed by atoms with E-state index in [9.17, 15) is 9.59 Å². The van der Waals surface area contributed by atoms with E-state index in [1.165, 1.54) is 6.08 Å². The van der Waals surface area contributed by atoms with Crippen molar-refractivity contribution in [2.24, 2.45) is 0 Å². The highest BCUT2D eigenvalue weighted by molar-refractivity contribution is 6.05. The number of ether oxygens (including phenoxy) is 3. The fourth-order valence-electron chi connectivity index (χ4n) is 2.52. The lowest BCUT2D eigenvalue weighted by Gasteiger charge is -2.11. The van der Waals surface area contributed by atoms with Gasteiger partial charge in [-0.1, -0.05) is 6.07 Å². The summed E-state index contributed by atoms with van der Waals surface area (Å²) in [7, 11) is 1.54. The topological polar surface area (TPSA) is 87.6 Å². The largest absolute Gasteiger partial charge is 0.491 e. The number of esters is 1. The summed E-state index contributed by atoms with van der Waals surface area (Å²) in [6, 6.07) is 6.90. The molecular formula is C22H26N2O5. The van der Waals surface area contributed by atoms with E-state index in [1.54, 1.807) is 56.8 Å². The van der Waals surface area contributed by atoms with E-state index in [4.69, 9.17) is 14.2 Å². The van der Waals surface area contributed by atoms with Crippen LogP contribution in [-0.2, 0) is 9.53 Å². The third-order valence-corrected chi connectivity index (χ3v) is 3.98. The first-order valence-corrected chi connectivity index (χ1v) is 9.60. The molecule has 0 radical (unpaired) electrons. The summed E-state index contributed by atoms with van der Waals surface area (Å²) < 4.78 is 16.0. The SMILES string of the molecule is CCOC(=O)CCCCCOc1cc(C=CC(=O)c2ccccn2)ncc1OC. The first kappa shape index (κ1) is 22.1. The Hall–Kier alpha value is -3.22. The summed E-state index contributed by atoms with van der Waals surface area (Å²) >= 11 is 0. The molecule has 7 nitrogen and oxygen atoms in total. The maximum Gasteiger partial charge on any atom is 0.305 e. The van der Waals surface area contributed by atoms with Crippen LogP contribution in [0.15, 0.2) is 42.7 Å². The highest BCUT2D eigenvalue weighted by Gasteiger charge is 2.08. The van der Waals surface area contributed by atoms with Gasteiger partial charge in [-0.2, -0.15) is 0 Å². The molecule has 2 heterocycles. The summed E-state index contributed by atoms with van der Waals surface area (Å²) in [5.41, 5.74) is 0.948. The summed E-state index contributed by atoms with van der Waals surface area (Å²) in [5.74, 6) is 0.704. The lowest BCUT2D eigenvalue weighted by atomic mass is 10.2. The van der Waals surface area contributed by atoms with Crippen molar-refractivity contribution in [2.75, 3.05) is 20.3 Å². The molecule has 7 heteroatoms. The zero-order valence-corrected chi connectivity index (χ0v) is 16.8. The van der Waals surface area contributed by atoms with Gasteiger partial charge in [0.1, 0.15) is 5.69 Å². The molecular weight excluding hydrogens is 372 g/mol. The molecule has 0 spiro atoms. The molecule has 0 bridgehead atoms. The van der Waals surface area contributed by atoms with Crippen molar-refractivity contribution in [3.63, 3.8) is 0 Å². The zero-order chi connectivity index (χ0) is 20.9. The van der Waals surface area contributed by atoms with Crippen molar-refractivity contribution in [3.05, 3.63) is 54.1 Å². The molecule has 2 aromatic rings. The second kappa shape index (κ2) is 12.3. The third-order valence-electron chi connectivity index (χ3n) is 3.98. The van der Waals surface area contributed by atoms with Gasteiger partial charge in [0.15, 0.2) is 11.5 Å². The van der Waals surface area contributed by atoms with Crippen LogP contribution in [-0.4, -0.2) is 42.0 Å². The Labute approximate surface area is 170 Å². The average Bonchev–Trinajstić information content (AvgIpc) is 2.75. The van der Waals surface area contributed by atoms with Gasteiger partial charge in [-0.05, 0) is 50.5 Å². The highest BCUT2D eigenvalue weighted by Crippen LogP contribution is 2.27. The standard InChI is InChI=1S/C22H26N2O5/c1-3-28-22(26)10-5-4-8-14-29-20-15-17(24-16-21(20)27-2)11-12-19(25)18-9-6-7-13-23-18/h6-7,9,11-13,15-16H,3-5,8,10,14H2,1-2H3. The Morgan fingerprint density at radius 1 is 1.10 bits per heavy atom. The minimum absolute atomic E-state index is 0.166. The van der Waals surface area contributed by atoms with Crippen LogP contribution in [0.2, 0.25) is 0 Å². The lowest BCUT2D eigenvalue weighted by molar-refractivity contribution is -0.143. The zero-order valence-electron chi connectivity index (χ0n) is 16.8. The van der Waals surface area contributed by atoms with E-state index < -0.39 is 0 Å². The monoisotopic (exact) mass is 398 g/mol. The number of pyridine rings is 2. The van der Waals surface area contributed by atoms with Crippen LogP contribution in [0.3, 0.4) is 0 Å². The number of carbonyl (C=O) groups is 2. The normalized spacial score (nSPS) is 10.7. The molecule has 29 heavy (non-hydrogen) atoms. The van der Waals surface area contributed by atoms with Gasteiger partial charge in [0, 0.05) is 18.7 Å². The van der Waals surface area contributed by atoms with Gasteiger partial charge < -0.3 is 14.2 Å². The van der Waals surface area contributed by atoms with Crippen molar-refractivity contribution in [2.45, 2.75) is 32.6 Å². The number of aromatic nitrogens is 2. The third kappa shape index (κ3) is 7.73. The Balaban J connectivity index is 1.87. The Morgan fingerprint density at radius 3 is 2.69 bits per heavy atom. The Bertz CT molecular complexity index is 821. The first-order chi connectivity index (χ1) is 14.1. The fraction of sp³-hybridized carbons (Fsp3) is 0.364. The second-order valence-corrected chi connectivity index (χ2v) is 6.14. The summed E-state index contributed by atoms with van der Waals surface area (Å²) in [4.78, 5) is 31.7. The molecule has 0 amide bonds. The molecule has 0 saturated carbocycles. The molecule has 2 aromatic heterocycles. The number of hydrogen-bond acceptors (Lipinski definition) is 7. The number of allylic oxidation sites excluding steroid dienone is 1. The smallest absolute Gasteiger partial charge is 0.305 e. The number of ketones is 1. The quantitative estimate of drug-likeness (QED) is 0.232. The van der Waals surface area contributed by atoms with Gasteiger partial charge in [0.25, 0.3) is 0 Å². The number of methoxy groups -OCH3 is 1. The first-order valence-electron chi connectivity index (χ1n) is 9.60. The molecule has 0 saturated heterocycles. The molecule has 2 rings (SSSR count). The Kier molecular flexibility index (Phi) is 9.35. The van der Waals surface area contributed by atoms with Crippen molar-refractivity contribution < 1.29 is 23.8 Å². The maximum absolute atomic E-state index is 12.1. The van der Waals surface area contributed by atoms with E-state index in [1.807, 2.05) is 0 Å². The van der Waals surface area contributed by atoms with Crippen LogP contribution in [0.25, 0.3) is 6.08 Å². The molecule has 0 fully saturated rings. The van der Waals surface area contributed by atoms with Gasteiger partial charge in [0.05, 0.1) is 32.2 Å². The van der Waals surface area contributed by atoms with E-state index >= 15 is 0 Å². The van der Waals surface area contributed by atoms with Gasteiger partial charge in [-0.25, -0.2) is 0 Å². The van der Waals surface area contributed by atoms with Crippen LogP contribution < -0.4 is 9.47 Å². The van der Waals surface area contributed by atoms with Crippen molar-refractivity contribution in [1.29, 1.82) is 0 Å². The van der Waals surface area contributed by atoms with E-state index in [2.05, 4.69) is 9.97 Å². The van der Waals surface area contributed by atoms with Crippen molar-refractivity contribution >= 4 is 17.8 Å². The van der Waals surface area contributed by atoms with Gasteiger partial charge >= 0.3 is 5.97 Å². The number of carbonyl (C=O) groups excluding carboxylic acids is 2.